The van der Waals surface area contributed by atoms with Crippen molar-refractivity contribution in [2.24, 2.45) is 0 Å². The van der Waals surface area contributed by atoms with Crippen LogP contribution >= 0.6 is 24.0 Å². The molecule has 0 radical (unpaired) electrons. The molecule has 1 saturated carbocycles. The third-order valence-corrected chi connectivity index (χ3v) is 4.85. The Morgan fingerprint density at radius 3 is 2.57 bits per heavy atom. The highest BCUT2D eigenvalue weighted by Crippen LogP contribution is 2.31. The van der Waals surface area contributed by atoms with Crippen molar-refractivity contribution < 1.29 is 9.59 Å². The number of nitrogens with one attached hydrogen (secondary N) is 1. The molecule has 0 unspecified atom stereocenters. The Morgan fingerprint density at radius 2 is 2.05 bits per heavy atom. The van der Waals surface area contributed by atoms with Gasteiger partial charge in [-0.15, -0.1) is 0 Å². The SMILES string of the molecule is CN1C(=O)/C(=C\c2ccc(C(=O)NC3CC3)cc2)SC1=S. The summed E-state index contributed by atoms with van der Waals surface area (Å²) in [6, 6.07) is 7.57. The van der Waals surface area contributed by atoms with E-state index in [2.05, 4.69) is 5.32 Å². The molecule has 1 saturated heterocycles. The predicted octanol–water partition coefficient (Wildman–Crippen LogP) is 2.41. The number of thioether (sulfide) groups is 1. The summed E-state index contributed by atoms with van der Waals surface area (Å²) in [6.45, 7) is 0. The first-order valence-electron chi connectivity index (χ1n) is 6.67. The lowest BCUT2D eigenvalue weighted by Gasteiger charge is -2.04. The smallest absolute Gasteiger partial charge is 0.265 e. The zero-order chi connectivity index (χ0) is 15.0. The second-order valence-corrected chi connectivity index (χ2v) is 6.79. The number of amides is 2. The number of benzene rings is 1. The average molecular weight is 318 g/mol. The van der Waals surface area contributed by atoms with Gasteiger partial charge >= 0.3 is 0 Å². The van der Waals surface area contributed by atoms with Crippen molar-refractivity contribution in [2.75, 3.05) is 7.05 Å². The fourth-order valence-electron chi connectivity index (χ4n) is 1.92. The van der Waals surface area contributed by atoms with Gasteiger partial charge in [-0.2, -0.15) is 0 Å². The molecule has 1 aromatic rings. The van der Waals surface area contributed by atoms with E-state index in [0.29, 0.717) is 20.8 Å². The van der Waals surface area contributed by atoms with E-state index in [1.165, 1.54) is 16.7 Å². The Balaban J connectivity index is 1.73. The summed E-state index contributed by atoms with van der Waals surface area (Å²) < 4.78 is 0.562. The number of hydrogen-bond donors (Lipinski definition) is 1. The van der Waals surface area contributed by atoms with E-state index in [-0.39, 0.29) is 11.8 Å². The van der Waals surface area contributed by atoms with Crippen LogP contribution in [0.25, 0.3) is 6.08 Å². The van der Waals surface area contributed by atoms with Gasteiger partial charge in [0.2, 0.25) is 0 Å². The van der Waals surface area contributed by atoms with Crippen LogP contribution in [0.3, 0.4) is 0 Å². The van der Waals surface area contributed by atoms with Crippen molar-refractivity contribution in [3.8, 4) is 0 Å². The van der Waals surface area contributed by atoms with Crippen LogP contribution < -0.4 is 5.32 Å². The number of hydrogen-bond acceptors (Lipinski definition) is 4. The molecular formula is C15H14N2O2S2. The van der Waals surface area contributed by atoms with Crippen LogP contribution in [0.2, 0.25) is 0 Å². The highest BCUT2D eigenvalue weighted by Gasteiger charge is 2.28. The molecule has 1 aromatic carbocycles. The van der Waals surface area contributed by atoms with Crippen LogP contribution in [-0.4, -0.2) is 34.1 Å². The van der Waals surface area contributed by atoms with Crippen molar-refractivity contribution in [2.45, 2.75) is 18.9 Å². The number of carbonyl (C=O) groups excluding carboxylic acids is 2. The Morgan fingerprint density at radius 1 is 1.38 bits per heavy atom. The zero-order valence-corrected chi connectivity index (χ0v) is 13.1. The van der Waals surface area contributed by atoms with Crippen LogP contribution in [0.4, 0.5) is 0 Å². The van der Waals surface area contributed by atoms with E-state index < -0.39 is 0 Å². The molecule has 3 rings (SSSR count). The molecule has 2 amide bonds. The monoisotopic (exact) mass is 318 g/mol. The molecule has 0 aromatic heterocycles. The highest BCUT2D eigenvalue weighted by molar-refractivity contribution is 8.26. The van der Waals surface area contributed by atoms with Crippen molar-refractivity contribution in [3.05, 3.63) is 40.3 Å². The van der Waals surface area contributed by atoms with Gasteiger partial charge in [-0.1, -0.05) is 36.1 Å². The number of rotatable bonds is 3. The van der Waals surface area contributed by atoms with Gasteiger partial charge in [0, 0.05) is 18.7 Å². The van der Waals surface area contributed by atoms with E-state index in [1.54, 1.807) is 25.3 Å². The molecule has 1 aliphatic carbocycles. The minimum atomic E-state index is -0.0828. The van der Waals surface area contributed by atoms with E-state index >= 15 is 0 Å². The summed E-state index contributed by atoms with van der Waals surface area (Å²) in [7, 11) is 1.67. The van der Waals surface area contributed by atoms with E-state index in [0.717, 1.165) is 18.4 Å². The van der Waals surface area contributed by atoms with E-state index in [1.807, 2.05) is 12.1 Å². The fourth-order valence-corrected chi connectivity index (χ4v) is 3.10. The Hall–Kier alpha value is -1.66. The molecular weight excluding hydrogens is 304 g/mol. The summed E-state index contributed by atoms with van der Waals surface area (Å²) in [4.78, 5) is 25.9. The molecule has 4 nitrogen and oxygen atoms in total. The first-order valence-corrected chi connectivity index (χ1v) is 7.89. The normalized spacial score (nSPS) is 20.2. The minimum Gasteiger partial charge on any atom is -0.349 e. The van der Waals surface area contributed by atoms with Gasteiger partial charge < -0.3 is 5.32 Å². The summed E-state index contributed by atoms with van der Waals surface area (Å²) in [6.07, 6.45) is 3.94. The quantitative estimate of drug-likeness (QED) is 0.687. The van der Waals surface area contributed by atoms with E-state index in [9.17, 15) is 9.59 Å². The second-order valence-electron chi connectivity index (χ2n) is 5.11. The lowest BCUT2D eigenvalue weighted by molar-refractivity contribution is -0.121. The van der Waals surface area contributed by atoms with Gasteiger partial charge in [0.15, 0.2) is 0 Å². The van der Waals surface area contributed by atoms with Crippen LogP contribution in [0.5, 0.6) is 0 Å². The van der Waals surface area contributed by atoms with E-state index in [4.69, 9.17) is 12.2 Å². The number of nitrogens with zero attached hydrogens (tertiary/aromatic N) is 1. The molecule has 2 fully saturated rings. The Kier molecular flexibility index (Phi) is 3.82. The zero-order valence-electron chi connectivity index (χ0n) is 11.5. The topological polar surface area (TPSA) is 49.4 Å². The van der Waals surface area contributed by atoms with Crippen LogP contribution in [0, 0.1) is 0 Å². The van der Waals surface area contributed by atoms with Crippen molar-refractivity contribution in [3.63, 3.8) is 0 Å². The Bertz CT molecular complexity index is 648. The Labute approximate surface area is 132 Å². The van der Waals surface area contributed by atoms with Crippen molar-refractivity contribution >= 4 is 46.2 Å². The van der Waals surface area contributed by atoms with Crippen LogP contribution in [0.15, 0.2) is 29.2 Å². The molecule has 0 bridgehead atoms. The third-order valence-electron chi connectivity index (χ3n) is 3.37. The number of likely N-dealkylation sites (N-methyl/N-ethyl adjacent to an activating group) is 1. The van der Waals surface area contributed by atoms with Gasteiger partial charge in [0.25, 0.3) is 11.8 Å². The highest BCUT2D eigenvalue weighted by atomic mass is 32.2. The maximum Gasteiger partial charge on any atom is 0.265 e. The van der Waals surface area contributed by atoms with Crippen LogP contribution in [0.1, 0.15) is 28.8 Å². The standard InChI is InChI=1S/C15H14N2O2S2/c1-17-14(19)12(21-15(17)20)8-9-2-4-10(5-3-9)13(18)16-11-6-7-11/h2-5,8,11H,6-7H2,1H3,(H,16,18)/b12-8+. The molecule has 2 aliphatic rings. The maximum atomic E-state index is 11.9. The van der Waals surface area contributed by atoms with Gasteiger partial charge in [-0.05, 0) is 36.6 Å². The van der Waals surface area contributed by atoms with Gasteiger partial charge in [0.05, 0.1) is 4.91 Å². The first-order chi connectivity index (χ1) is 10.0. The van der Waals surface area contributed by atoms with Crippen molar-refractivity contribution in [1.29, 1.82) is 0 Å². The average Bonchev–Trinajstić information content (AvgIpc) is 3.25. The fraction of sp³-hybridized carbons (Fsp3) is 0.267. The van der Waals surface area contributed by atoms with Gasteiger partial charge in [0.1, 0.15) is 4.32 Å². The number of carbonyl (C=O) groups is 2. The first kappa shape index (κ1) is 14.3. The lowest BCUT2D eigenvalue weighted by Crippen LogP contribution is -2.25. The van der Waals surface area contributed by atoms with Crippen molar-refractivity contribution in [1.82, 2.24) is 10.2 Å². The molecule has 108 valence electrons. The molecule has 1 N–H and O–H groups in total. The molecule has 21 heavy (non-hydrogen) atoms. The summed E-state index contributed by atoms with van der Waals surface area (Å²) in [5.74, 6) is -0.121. The molecule has 0 spiro atoms. The summed E-state index contributed by atoms with van der Waals surface area (Å²) in [5, 5.41) is 2.95. The largest absolute Gasteiger partial charge is 0.349 e. The second kappa shape index (κ2) is 5.61. The molecule has 1 aliphatic heterocycles. The lowest BCUT2D eigenvalue weighted by atomic mass is 10.1. The molecule has 1 heterocycles. The number of thiocarbonyl (C=S) groups is 1. The summed E-state index contributed by atoms with van der Waals surface area (Å²) in [5.41, 5.74) is 1.52. The minimum absolute atomic E-state index is 0.0380. The third kappa shape index (κ3) is 3.16. The predicted molar refractivity (Wildman–Crippen MR) is 87.9 cm³/mol. The maximum absolute atomic E-state index is 11.9. The molecule has 0 atom stereocenters. The van der Waals surface area contributed by atoms with Gasteiger partial charge in [-0.25, -0.2) is 0 Å². The van der Waals surface area contributed by atoms with Crippen LogP contribution in [-0.2, 0) is 4.79 Å². The molecule has 6 heteroatoms. The van der Waals surface area contributed by atoms with Gasteiger partial charge in [-0.3, -0.25) is 14.5 Å². The summed E-state index contributed by atoms with van der Waals surface area (Å²) >= 11 is 6.38.